The molecule has 0 fully saturated rings. The van der Waals surface area contributed by atoms with Gasteiger partial charge in [0.1, 0.15) is 11.5 Å². The number of rotatable bonds is 17. The maximum absolute atomic E-state index is 6.14. The standard InChI is InChI=1S/C30H47N3O2.2ClH/c1-6-33-29-17-15-25(34-21-13-9-7-11-19-31(2)3)23-27(29)28-24-26(16-18-30(28)33)35-22-14-10-8-12-20-32(4)5;;/h15-18,23-24H,6-14,19-22H2,1-5H3;2*1H. The molecule has 0 spiro atoms. The number of nitrogens with zero attached hydrogens (tertiary/aromatic N) is 3. The quantitative estimate of drug-likeness (QED) is 0.160. The molecule has 0 saturated carbocycles. The van der Waals surface area contributed by atoms with E-state index in [9.17, 15) is 0 Å². The molecule has 37 heavy (non-hydrogen) atoms. The topological polar surface area (TPSA) is 29.9 Å². The van der Waals surface area contributed by atoms with Gasteiger partial charge in [-0.2, -0.15) is 0 Å². The van der Waals surface area contributed by atoms with Crippen molar-refractivity contribution in [2.45, 2.75) is 64.8 Å². The van der Waals surface area contributed by atoms with Crippen molar-refractivity contribution in [2.75, 3.05) is 54.5 Å². The van der Waals surface area contributed by atoms with Crippen LogP contribution < -0.4 is 9.47 Å². The summed E-state index contributed by atoms with van der Waals surface area (Å²) in [6, 6.07) is 13.1. The van der Waals surface area contributed by atoms with Crippen LogP contribution in [0, 0.1) is 0 Å². The number of hydrogen-bond acceptors (Lipinski definition) is 4. The minimum atomic E-state index is 0. The van der Waals surface area contributed by atoms with Gasteiger partial charge in [-0.1, -0.05) is 25.7 Å². The molecule has 0 atom stereocenters. The third-order valence-corrected chi connectivity index (χ3v) is 6.66. The molecule has 5 nitrogen and oxygen atoms in total. The fourth-order valence-electron chi connectivity index (χ4n) is 4.73. The van der Waals surface area contributed by atoms with Gasteiger partial charge in [0.25, 0.3) is 0 Å². The Morgan fingerprint density at radius 2 is 1.00 bits per heavy atom. The Morgan fingerprint density at radius 1 is 0.595 bits per heavy atom. The number of aromatic nitrogens is 1. The fraction of sp³-hybridized carbons (Fsp3) is 0.600. The molecule has 1 heterocycles. The minimum absolute atomic E-state index is 0. The van der Waals surface area contributed by atoms with E-state index >= 15 is 0 Å². The minimum Gasteiger partial charge on any atom is -0.494 e. The molecule has 0 aliphatic carbocycles. The molecular weight excluding hydrogens is 505 g/mol. The van der Waals surface area contributed by atoms with Crippen molar-refractivity contribution >= 4 is 46.6 Å². The fourth-order valence-corrected chi connectivity index (χ4v) is 4.73. The lowest BCUT2D eigenvalue weighted by Gasteiger charge is -2.09. The molecule has 210 valence electrons. The summed E-state index contributed by atoms with van der Waals surface area (Å²) in [5, 5.41) is 2.50. The Morgan fingerprint density at radius 3 is 1.38 bits per heavy atom. The number of ether oxygens (including phenoxy) is 2. The first kappa shape index (κ1) is 33.4. The third-order valence-electron chi connectivity index (χ3n) is 6.66. The van der Waals surface area contributed by atoms with E-state index in [2.05, 4.69) is 85.9 Å². The van der Waals surface area contributed by atoms with Gasteiger partial charge in [0.05, 0.1) is 13.2 Å². The van der Waals surface area contributed by atoms with Crippen LogP contribution >= 0.6 is 24.8 Å². The van der Waals surface area contributed by atoms with Gasteiger partial charge in [-0.05, 0) is 110 Å². The zero-order chi connectivity index (χ0) is 25.0. The smallest absolute Gasteiger partial charge is 0.120 e. The molecule has 0 radical (unpaired) electrons. The Balaban J connectivity index is 0.00000342. The second kappa shape index (κ2) is 17.8. The number of hydrogen-bond donors (Lipinski definition) is 0. The number of benzene rings is 2. The molecular formula is C30H49Cl2N3O2. The van der Waals surface area contributed by atoms with Crippen molar-refractivity contribution in [3.63, 3.8) is 0 Å². The maximum Gasteiger partial charge on any atom is 0.120 e. The van der Waals surface area contributed by atoms with E-state index < -0.39 is 0 Å². The summed E-state index contributed by atoms with van der Waals surface area (Å²) in [5.41, 5.74) is 2.52. The van der Waals surface area contributed by atoms with Gasteiger partial charge in [0.15, 0.2) is 0 Å². The highest BCUT2D eigenvalue weighted by molar-refractivity contribution is 6.09. The van der Waals surface area contributed by atoms with Crippen LogP contribution in [0.3, 0.4) is 0 Å². The van der Waals surface area contributed by atoms with Crippen LogP contribution in [0.1, 0.15) is 58.3 Å². The highest BCUT2D eigenvalue weighted by atomic mass is 35.5. The molecule has 0 aliphatic heterocycles. The molecule has 7 heteroatoms. The number of unbranched alkanes of at least 4 members (excludes halogenated alkanes) is 6. The van der Waals surface area contributed by atoms with Crippen molar-refractivity contribution in [1.82, 2.24) is 14.4 Å². The van der Waals surface area contributed by atoms with Crippen molar-refractivity contribution in [2.24, 2.45) is 0 Å². The first-order chi connectivity index (χ1) is 17.0. The molecule has 0 aliphatic rings. The molecule has 0 N–H and O–H groups in total. The Bertz CT molecular complexity index is 957. The highest BCUT2D eigenvalue weighted by Gasteiger charge is 2.12. The summed E-state index contributed by atoms with van der Waals surface area (Å²) < 4.78 is 14.7. The van der Waals surface area contributed by atoms with Gasteiger partial charge < -0.3 is 23.8 Å². The second-order valence-corrected chi connectivity index (χ2v) is 10.2. The van der Waals surface area contributed by atoms with Crippen LogP contribution in [0.2, 0.25) is 0 Å². The van der Waals surface area contributed by atoms with Gasteiger partial charge in [-0.15, -0.1) is 24.8 Å². The van der Waals surface area contributed by atoms with Gasteiger partial charge >= 0.3 is 0 Å². The summed E-state index contributed by atoms with van der Waals surface area (Å²) in [5.74, 6) is 1.93. The highest BCUT2D eigenvalue weighted by Crippen LogP contribution is 2.34. The molecule has 1 aromatic heterocycles. The van der Waals surface area contributed by atoms with Gasteiger partial charge in [-0.25, -0.2) is 0 Å². The lowest BCUT2D eigenvalue weighted by Crippen LogP contribution is -2.12. The summed E-state index contributed by atoms with van der Waals surface area (Å²) in [6.07, 6.45) is 9.72. The van der Waals surface area contributed by atoms with Crippen LogP contribution in [0.5, 0.6) is 11.5 Å². The first-order valence-electron chi connectivity index (χ1n) is 13.6. The van der Waals surface area contributed by atoms with Crippen molar-refractivity contribution in [3.05, 3.63) is 36.4 Å². The van der Waals surface area contributed by atoms with E-state index in [0.29, 0.717) is 0 Å². The van der Waals surface area contributed by atoms with Crippen molar-refractivity contribution in [1.29, 1.82) is 0 Å². The summed E-state index contributed by atoms with van der Waals surface area (Å²) >= 11 is 0. The average Bonchev–Trinajstić information content (AvgIpc) is 3.14. The lowest BCUT2D eigenvalue weighted by atomic mass is 10.1. The van der Waals surface area contributed by atoms with Crippen LogP contribution in [0.15, 0.2) is 36.4 Å². The molecule has 3 aromatic rings. The Kier molecular flexibility index (Phi) is 16.0. The zero-order valence-electron chi connectivity index (χ0n) is 23.6. The van der Waals surface area contributed by atoms with Crippen molar-refractivity contribution < 1.29 is 9.47 Å². The van der Waals surface area contributed by atoms with Crippen LogP contribution in [0.25, 0.3) is 21.8 Å². The molecule has 3 rings (SSSR count). The summed E-state index contributed by atoms with van der Waals surface area (Å²) in [4.78, 5) is 4.51. The summed E-state index contributed by atoms with van der Waals surface area (Å²) in [7, 11) is 8.55. The average molecular weight is 555 g/mol. The number of fused-ring (bicyclic) bond motifs is 3. The number of halogens is 2. The monoisotopic (exact) mass is 553 g/mol. The van der Waals surface area contributed by atoms with Crippen LogP contribution in [0.4, 0.5) is 0 Å². The summed E-state index contributed by atoms with van der Waals surface area (Å²) in [6.45, 7) is 7.05. The van der Waals surface area contributed by atoms with Crippen molar-refractivity contribution in [3.8, 4) is 11.5 Å². The SMILES string of the molecule is CCn1c2ccc(OCCCCCCN(C)C)cc2c2cc(OCCCCCCN(C)C)ccc21.Cl.Cl. The van der Waals surface area contributed by atoms with E-state index in [4.69, 9.17) is 9.47 Å². The lowest BCUT2D eigenvalue weighted by molar-refractivity contribution is 0.302. The molecule has 0 amide bonds. The maximum atomic E-state index is 6.14. The normalized spacial score (nSPS) is 11.2. The van der Waals surface area contributed by atoms with E-state index in [1.807, 2.05) is 0 Å². The molecule has 2 aromatic carbocycles. The molecule has 0 saturated heterocycles. The van der Waals surface area contributed by atoms with Crippen LogP contribution in [-0.2, 0) is 6.54 Å². The van der Waals surface area contributed by atoms with E-state index in [0.717, 1.165) is 44.1 Å². The largest absolute Gasteiger partial charge is 0.494 e. The van der Waals surface area contributed by atoms with E-state index in [1.54, 1.807) is 0 Å². The van der Waals surface area contributed by atoms with Crippen LogP contribution in [-0.4, -0.2) is 68.9 Å². The van der Waals surface area contributed by atoms with Gasteiger partial charge in [0, 0.05) is 28.4 Å². The van der Waals surface area contributed by atoms with E-state index in [1.165, 1.54) is 73.4 Å². The molecule has 0 unspecified atom stereocenters. The Labute approximate surface area is 237 Å². The number of aryl methyl sites for hydroxylation is 1. The zero-order valence-corrected chi connectivity index (χ0v) is 25.3. The predicted molar refractivity (Wildman–Crippen MR) is 165 cm³/mol. The predicted octanol–water partition coefficient (Wildman–Crippen LogP) is 7.66. The second-order valence-electron chi connectivity index (χ2n) is 10.2. The van der Waals surface area contributed by atoms with Gasteiger partial charge in [0.2, 0.25) is 0 Å². The molecule has 0 bridgehead atoms. The third kappa shape index (κ3) is 10.6. The van der Waals surface area contributed by atoms with E-state index in [-0.39, 0.29) is 24.8 Å². The van der Waals surface area contributed by atoms with Gasteiger partial charge in [-0.3, -0.25) is 0 Å². The first-order valence-corrected chi connectivity index (χ1v) is 13.6. The Hall–Kier alpha value is -1.66.